The molecule has 0 bridgehead atoms. The summed E-state index contributed by atoms with van der Waals surface area (Å²) in [5.41, 5.74) is 1.92. The molecular formula is C22H26FN5O2S. The first-order valence-electron chi connectivity index (χ1n) is 10.4. The van der Waals surface area contributed by atoms with E-state index < -0.39 is 5.95 Å². The highest BCUT2D eigenvalue weighted by molar-refractivity contribution is 7.99. The quantitative estimate of drug-likeness (QED) is 0.571. The van der Waals surface area contributed by atoms with E-state index in [1.54, 1.807) is 18.0 Å². The number of aryl methyl sites for hydroxylation is 1. The second-order valence-corrected chi connectivity index (χ2v) is 10.1. The topological polar surface area (TPSA) is 65.3 Å². The molecule has 0 N–H and O–H groups in total. The zero-order chi connectivity index (χ0) is 21.9. The molecule has 0 aromatic carbocycles. The normalized spacial score (nSPS) is 21.0. The molecule has 5 heterocycles. The van der Waals surface area contributed by atoms with Crippen LogP contribution in [0.15, 0.2) is 18.5 Å². The Labute approximate surface area is 185 Å². The molecule has 0 amide bonds. The van der Waals surface area contributed by atoms with Gasteiger partial charge in [0.25, 0.3) is 0 Å². The molecule has 2 aliphatic heterocycles. The molecule has 0 spiro atoms. The van der Waals surface area contributed by atoms with E-state index in [-0.39, 0.29) is 16.8 Å². The number of hydrogen-bond donors (Lipinski definition) is 0. The first-order valence-corrected chi connectivity index (χ1v) is 11.6. The van der Waals surface area contributed by atoms with Crippen molar-refractivity contribution in [1.82, 2.24) is 19.5 Å². The zero-order valence-electron chi connectivity index (χ0n) is 18.3. The van der Waals surface area contributed by atoms with Crippen LogP contribution in [0.3, 0.4) is 0 Å². The highest BCUT2D eigenvalue weighted by Crippen LogP contribution is 2.46. The van der Waals surface area contributed by atoms with Crippen molar-refractivity contribution in [3.63, 3.8) is 0 Å². The number of hydrogen-bond acceptors (Lipinski definition) is 7. The number of nitrogens with zero attached hydrogens (tertiary/aromatic N) is 5. The van der Waals surface area contributed by atoms with E-state index in [9.17, 15) is 0 Å². The molecule has 0 saturated carbocycles. The van der Waals surface area contributed by atoms with Crippen molar-refractivity contribution in [3.05, 3.63) is 30.1 Å². The third-order valence-electron chi connectivity index (χ3n) is 6.25. The Bertz CT molecular complexity index is 1160. The number of pyridine rings is 1. The summed E-state index contributed by atoms with van der Waals surface area (Å²) in [5, 5.41) is 0.742. The molecule has 2 aliphatic rings. The summed E-state index contributed by atoms with van der Waals surface area (Å²) >= 11 is 1.67. The van der Waals surface area contributed by atoms with Crippen LogP contribution in [0.25, 0.3) is 22.3 Å². The molecule has 164 valence electrons. The van der Waals surface area contributed by atoms with Crippen LogP contribution in [0.1, 0.15) is 26.5 Å². The molecule has 31 heavy (non-hydrogen) atoms. The smallest absolute Gasteiger partial charge is 0.224 e. The van der Waals surface area contributed by atoms with Gasteiger partial charge in [0.05, 0.1) is 47.3 Å². The molecule has 2 atom stereocenters. The molecule has 3 aromatic rings. The van der Waals surface area contributed by atoms with Crippen LogP contribution < -0.4 is 9.64 Å². The molecule has 0 unspecified atom stereocenters. The predicted molar refractivity (Wildman–Crippen MR) is 120 cm³/mol. The maximum absolute atomic E-state index is 15.1. The lowest BCUT2D eigenvalue weighted by molar-refractivity contribution is 0.0482. The minimum absolute atomic E-state index is 0.0692. The molecule has 0 aliphatic carbocycles. The Morgan fingerprint density at radius 3 is 2.81 bits per heavy atom. The highest BCUT2D eigenvalue weighted by atomic mass is 32.2. The Balaban J connectivity index is 1.80. The van der Waals surface area contributed by atoms with E-state index in [0.29, 0.717) is 42.8 Å². The van der Waals surface area contributed by atoms with Gasteiger partial charge in [-0.15, -0.1) is 0 Å². The van der Waals surface area contributed by atoms with Crippen LogP contribution in [0.2, 0.25) is 0 Å². The van der Waals surface area contributed by atoms with Gasteiger partial charge in [0, 0.05) is 18.6 Å². The van der Waals surface area contributed by atoms with Gasteiger partial charge < -0.3 is 18.9 Å². The van der Waals surface area contributed by atoms with Gasteiger partial charge in [-0.25, -0.2) is 15.0 Å². The van der Waals surface area contributed by atoms with E-state index in [1.165, 1.54) is 0 Å². The van der Waals surface area contributed by atoms with Gasteiger partial charge in [0.15, 0.2) is 17.4 Å². The van der Waals surface area contributed by atoms with Gasteiger partial charge >= 0.3 is 0 Å². The molecule has 1 saturated heterocycles. The van der Waals surface area contributed by atoms with Crippen molar-refractivity contribution < 1.29 is 13.9 Å². The minimum Gasteiger partial charge on any atom is -0.486 e. The van der Waals surface area contributed by atoms with Gasteiger partial charge in [0.1, 0.15) is 12.3 Å². The van der Waals surface area contributed by atoms with Crippen molar-refractivity contribution in [2.45, 2.75) is 37.6 Å². The van der Waals surface area contributed by atoms with Gasteiger partial charge in [-0.05, 0) is 33.1 Å². The van der Waals surface area contributed by atoms with Crippen molar-refractivity contribution in [1.29, 1.82) is 0 Å². The van der Waals surface area contributed by atoms with Crippen LogP contribution in [0.4, 0.5) is 10.2 Å². The van der Waals surface area contributed by atoms with Gasteiger partial charge in [-0.1, -0.05) is 0 Å². The maximum atomic E-state index is 15.1. The van der Waals surface area contributed by atoms with E-state index in [4.69, 9.17) is 19.4 Å². The molecule has 0 radical (unpaired) electrons. The number of morpholine rings is 1. The SMILES string of the molecule is CSC(C)(C)c1nc(-c2c(F)ncc3c2ccn3C)nc2c1OC[C@@H]1COC[C@@H](C)N21. The Morgan fingerprint density at radius 1 is 1.23 bits per heavy atom. The Kier molecular flexibility index (Phi) is 4.86. The fourth-order valence-electron chi connectivity index (χ4n) is 4.37. The molecule has 7 nitrogen and oxygen atoms in total. The minimum atomic E-state index is -0.574. The summed E-state index contributed by atoms with van der Waals surface area (Å²) in [6, 6.07) is 2.08. The zero-order valence-corrected chi connectivity index (χ0v) is 19.2. The van der Waals surface area contributed by atoms with Crippen LogP contribution in [-0.2, 0) is 16.5 Å². The summed E-state index contributed by atoms with van der Waals surface area (Å²) in [5.74, 6) is 1.15. The van der Waals surface area contributed by atoms with Crippen LogP contribution >= 0.6 is 11.8 Å². The number of rotatable bonds is 3. The average molecular weight is 444 g/mol. The van der Waals surface area contributed by atoms with E-state index in [1.807, 2.05) is 30.1 Å². The second-order valence-electron chi connectivity index (χ2n) is 8.67. The first-order chi connectivity index (χ1) is 14.8. The molecule has 3 aromatic heterocycles. The van der Waals surface area contributed by atoms with Crippen molar-refractivity contribution in [3.8, 4) is 17.1 Å². The van der Waals surface area contributed by atoms with Gasteiger partial charge in [-0.2, -0.15) is 16.2 Å². The Hall–Kier alpha value is -2.39. The molecule has 1 fully saturated rings. The van der Waals surface area contributed by atoms with Crippen LogP contribution in [0, 0.1) is 5.95 Å². The van der Waals surface area contributed by atoms with E-state index in [2.05, 4.69) is 30.7 Å². The fourth-order valence-corrected chi connectivity index (χ4v) is 4.70. The second kappa shape index (κ2) is 7.34. The highest BCUT2D eigenvalue weighted by Gasteiger charge is 2.40. The third-order valence-corrected chi connectivity index (χ3v) is 7.46. The number of ether oxygens (including phenoxy) is 2. The molecule has 9 heteroatoms. The lowest BCUT2D eigenvalue weighted by Gasteiger charge is -2.45. The van der Waals surface area contributed by atoms with Crippen molar-refractivity contribution >= 4 is 28.5 Å². The average Bonchev–Trinajstić information content (AvgIpc) is 3.13. The number of halogens is 1. The summed E-state index contributed by atoms with van der Waals surface area (Å²) in [6.45, 7) is 8.01. The van der Waals surface area contributed by atoms with E-state index in [0.717, 1.165) is 16.6 Å². The number of aromatic nitrogens is 4. The first kappa shape index (κ1) is 20.5. The monoisotopic (exact) mass is 443 g/mol. The van der Waals surface area contributed by atoms with E-state index >= 15 is 4.39 Å². The van der Waals surface area contributed by atoms with Gasteiger partial charge in [0.2, 0.25) is 5.95 Å². The lowest BCUT2D eigenvalue weighted by atomic mass is 10.0. The summed E-state index contributed by atoms with van der Waals surface area (Å²) < 4.78 is 28.6. The fraction of sp³-hybridized carbons (Fsp3) is 0.500. The van der Waals surface area contributed by atoms with Crippen LogP contribution in [-0.4, -0.2) is 57.7 Å². The number of thioether (sulfide) groups is 1. The maximum Gasteiger partial charge on any atom is 0.224 e. The molecule has 5 rings (SSSR count). The number of anilines is 1. The third kappa shape index (κ3) is 3.17. The van der Waals surface area contributed by atoms with Crippen LogP contribution in [0.5, 0.6) is 5.75 Å². The van der Waals surface area contributed by atoms with Crippen molar-refractivity contribution in [2.24, 2.45) is 7.05 Å². The summed E-state index contributed by atoms with van der Waals surface area (Å²) in [6.07, 6.45) is 5.48. The molecular weight excluding hydrogens is 417 g/mol. The van der Waals surface area contributed by atoms with Gasteiger partial charge in [-0.3, -0.25) is 0 Å². The Morgan fingerprint density at radius 2 is 2.03 bits per heavy atom. The predicted octanol–water partition coefficient (Wildman–Crippen LogP) is 3.75. The summed E-state index contributed by atoms with van der Waals surface area (Å²) in [4.78, 5) is 16.0. The largest absolute Gasteiger partial charge is 0.486 e. The van der Waals surface area contributed by atoms with Crippen molar-refractivity contribution in [2.75, 3.05) is 31.0 Å². The lowest BCUT2D eigenvalue weighted by Crippen LogP contribution is -2.56. The summed E-state index contributed by atoms with van der Waals surface area (Å²) in [7, 11) is 1.91. The number of fused-ring (bicyclic) bond motifs is 4. The standard InChI is InChI=1S/C22H26FN5O2S/c1-12-9-29-10-13-11-30-17-18(22(2,3)31-5)25-20(26-21(17)28(12)13)16-14-6-7-27(4)15(14)8-24-19(16)23/h6-8,12-13H,9-11H2,1-5H3/t12-,13+/m1/s1.